The molecule has 0 N–H and O–H groups in total. The van der Waals surface area contributed by atoms with Crippen LogP contribution in [0, 0.1) is 17.4 Å². The van der Waals surface area contributed by atoms with E-state index in [9.17, 15) is 4.39 Å². The number of aromatic nitrogens is 3. The molecule has 0 unspecified atom stereocenters. The lowest BCUT2D eigenvalue weighted by molar-refractivity contribution is 0.534. The maximum absolute atomic E-state index is 12.7. The van der Waals surface area contributed by atoms with Crippen LogP contribution in [0.15, 0.2) is 30.6 Å². The molecule has 0 fully saturated rings. The topological polar surface area (TPSA) is 62.5 Å². The second kappa shape index (κ2) is 3.80. The molecule has 5 heteroatoms. The molecule has 15 heavy (non-hydrogen) atoms. The van der Waals surface area contributed by atoms with Crippen molar-refractivity contribution >= 4 is 0 Å². The Labute approximate surface area is 85.1 Å². The third-order valence-electron chi connectivity index (χ3n) is 1.81. The standard InChI is InChI=1S/C10H5FN4/c11-10-14-6-13-9(15-10)8-3-1-7(5-12)2-4-8/h1-4,6H. The van der Waals surface area contributed by atoms with Gasteiger partial charge in [-0.05, 0) is 24.3 Å². The summed E-state index contributed by atoms with van der Waals surface area (Å²) in [5.74, 6) is 0.256. The van der Waals surface area contributed by atoms with Crippen molar-refractivity contribution in [3.05, 3.63) is 42.2 Å². The van der Waals surface area contributed by atoms with Gasteiger partial charge in [0.15, 0.2) is 5.82 Å². The average Bonchev–Trinajstić information content (AvgIpc) is 2.29. The molecule has 0 aliphatic heterocycles. The molecule has 2 rings (SSSR count). The molecule has 0 saturated carbocycles. The average molecular weight is 200 g/mol. The number of nitriles is 1. The van der Waals surface area contributed by atoms with E-state index >= 15 is 0 Å². The number of rotatable bonds is 1. The molecule has 2 aromatic rings. The number of hydrogen-bond acceptors (Lipinski definition) is 4. The van der Waals surface area contributed by atoms with Crippen LogP contribution in [-0.2, 0) is 0 Å². The van der Waals surface area contributed by atoms with Crippen LogP contribution in [0.25, 0.3) is 11.4 Å². The van der Waals surface area contributed by atoms with E-state index in [0.29, 0.717) is 11.1 Å². The van der Waals surface area contributed by atoms with Crippen LogP contribution in [0.1, 0.15) is 5.56 Å². The fourth-order valence-electron chi connectivity index (χ4n) is 1.11. The highest BCUT2D eigenvalue weighted by Gasteiger charge is 2.02. The van der Waals surface area contributed by atoms with Crippen molar-refractivity contribution in [1.82, 2.24) is 15.0 Å². The zero-order chi connectivity index (χ0) is 10.7. The van der Waals surface area contributed by atoms with Crippen molar-refractivity contribution < 1.29 is 4.39 Å². The van der Waals surface area contributed by atoms with Gasteiger partial charge in [-0.15, -0.1) is 0 Å². The second-order valence-corrected chi connectivity index (χ2v) is 2.77. The molecule has 72 valence electrons. The minimum absolute atomic E-state index is 0.256. The van der Waals surface area contributed by atoms with E-state index in [2.05, 4.69) is 15.0 Å². The first-order chi connectivity index (χ1) is 7.29. The third kappa shape index (κ3) is 1.94. The Balaban J connectivity index is 2.42. The van der Waals surface area contributed by atoms with E-state index in [0.717, 1.165) is 6.33 Å². The Hall–Kier alpha value is -2.35. The van der Waals surface area contributed by atoms with Crippen LogP contribution in [-0.4, -0.2) is 15.0 Å². The highest BCUT2D eigenvalue weighted by atomic mass is 19.1. The van der Waals surface area contributed by atoms with E-state index in [-0.39, 0.29) is 5.82 Å². The molecule has 0 radical (unpaired) electrons. The molecule has 0 amide bonds. The van der Waals surface area contributed by atoms with E-state index < -0.39 is 6.08 Å². The van der Waals surface area contributed by atoms with Crippen LogP contribution < -0.4 is 0 Å². The van der Waals surface area contributed by atoms with Crippen molar-refractivity contribution in [3.63, 3.8) is 0 Å². The predicted octanol–water partition coefficient (Wildman–Crippen LogP) is 1.55. The fraction of sp³-hybridized carbons (Fsp3) is 0. The monoisotopic (exact) mass is 200 g/mol. The normalized spacial score (nSPS) is 9.60. The maximum atomic E-state index is 12.7. The van der Waals surface area contributed by atoms with E-state index in [1.807, 2.05) is 6.07 Å². The first-order valence-corrected chi connectivity index (χ1v) is 4.14. The first kappa shape index (κ1) is 9.21. The smallest absolute Gasteiger partial charge is 0.216 e. The SMILES string of the molecule is N#Cc1ccc(-c2ncnc(F)n2)cc1. The summed E-state index contributed by atoms with van der Waals surface area (Å²) in [5, 5.41) is 8.59. The Bertz CT molecular complexity index is 516. The van der Waals surface area contributed by atoms with Gasteiger partial charge in [0, 0.05) is 5.56 Å². The number of benzene rings is 1. The third-order valence-corrected chi connectivity index (χ3v) is 1.81. The van der Waals surface area contributed by atoms with Gasteiger partial charge < -0.3 is 0 Å². The highest BCUT2D eigenvalue weighted by molar-refractivity contribution is 5.55. The van der Waals surface area contributed by atoms with Gasteiger partial charge in [0.25, 0.3) is 0 Å². The Morgan fingerprint density at radius 3 is 2.47 bits per heavy atom. The zero-order valence-corrected chi connectivity index (χ0v) is 7.55. The molecule has 0 spiro atoms. The maximum Gasteiger partial charge on any atom is 0.312 e. The summed E-state index contributed by atoms with van der Waals surface area (Å²) in [6.07, 6.45) is 0.292. The van der Waals surface area contributed by atoms with Crippen LogP contribution in [0.4, 0.5) is 4.39 Å². The number of nitrogens with zero attached hydrogens (tertiary/aromatic N) is 4. The molecule has 0 aliphatic rings. The second-order valence-electron chi connectivity index (χ2n) is 2.77. The van der Waals surface area contributed by atoms with E-state index in [1.54, 1.807) is 24.3 Å². The largest absolute Gasteiger partial charge is 0.312 e. The number of halogens is 1. The summed E-state index contributed by atoms with van der Waals surface area (Å²) in [6, 6.07) is 8.55. The summed E-state index contributed by atoms with van der Waals surface area (Å²) in [7, 11) is 0. The Morgan fingerprint density at radius 2 is 1.87 bits per heavy atom. The minimum atomic E-state index is -0.815. The lowest BCUT2D eigenvalue weighted by Gasteiger charge is -1.98. The number of hydrogen-bond donors (Lipinski definition) is 0. The van der Waals surface area contributed by atoms with Crippen molar-refractivity contribution in [3.8, 4) is 17.5 Å². The summed E-state index contributed by atoms with van der Waals surface area (Å²) in [4.78, 5) is 10.6. The molecular formula is C10H5FN4. The molecule has 1 heterocycles. The van der Waals surface area contributed by atoms with Crippen molar-refractivity contribution in [2.45, 2.75) is 0 Å². The van der Waals surface area contributed by atoms with Gasteiger partial charge >= 0.3 is 6.08 Å². The van der Waals surface area contributed by atoms with Crippen LogP contribution in [0.5, 0.6) is 0 Å². The fourth-order valence-corrected chi connectivity index (χ4v) is 1.11. The lowest BCUT2D eigenvalue weighted by atomic mass is 10.1. The summed E-state index contributed by atoms with van der Waals surface area (Å²) >= 11 is 0. The lowest BCUT2D eigenvalue weighted by Crippen LogP contribution is -1.94. The molecular weight excluding hydrogens is 195 g/mol. The van der Waals surface area contributed by atoms with Gasteiger partial charge in [-0.3, -0.25) is 0 Å². The van der Waals surface area contributed by atoms with Crippen molar-refractivity contribution in [1.29, 1.82) is 5.26 Å². The zero-order valence-electron chi connectivity index (χ0n) is 7.55. The van der Waals surface area contributed by atoms with Crippen LogP contribution in [0.3, 0.4) is 0 Å². The quantitative estimate of drug-likeness (QED) is 0.700. The van der Waals surface area contributed by atoms with Crippen molar-refractivity contribution in [2.75, 3.05) is 0 Å². The van der Waals surface area contributed by atoms with Gasteiger partial charge in [-0.2, -0.15) is 19.6 Å². The van der Waals surface area contributed by atoms with Crippen LogP contribution in [0.2, 0.25) is 0 Å². The highest BCUT2D eigenvalue weighted by Crippen LogP contribution is 2.14. The molecule has 0 saturated heterocycles. The van der Waals surface area contributed by atoms with E-state index in [1.165, 1.54) is 0 Å². The van der Waals surface area contributed by atoms with Crippen molar-refractivity contribution in [2.24, 2.45) is 0 Å². The van der Waals surface area contributed by atoms with Gasteiger partial charge in [0.2, 0.25) is 0 Å². The molecule has 0 aliphatic carbocycles. The Kier molecular flexibility index (Phi) is 2.33. The van der Waals surface area contributed by atoms with Gasteiger partial charge in [-0.25, -0.2) is 4.98 Å². The van der Waals surface area contributed by atoms with Crippen LogP contribution >= 0.6 is 0 Å². The van der Waals surface area contributed by atoms with Gasteiger partial charge in [0.05, 0.1) is 11.6 Å². The molecule has 0 bridgehead atoms. The molecule has 0 atom stereocenters. The molecule has 4 nitrogen and oxygen atoms in total. The minimum Gasteiger partial charge on any atom is -0.216 e. The van der Waals surface area contributed by atoms with Gasteiger partial charge in [-0.1, -0.05) is 0 Å². The molecule has 1 aromatic carbocycles. The molecule has 1 aromatic heterocycles. The summed E-state index contributed by atoms with van der Waals surface area (Å²) < 4.78 is 12.7. The summed E-state index contributed by atoms with van der Waals surface area (Å²) in [5.41, 5.74) is 1.18. The predicted molar refractivity (Wildman–Crippen MR) is 49.9 cm³/mol. The first-order valence-electron chi connectivity index (χ1n) is 4.14. The summed E-state index contributed by atoms with van der Waals surface area (Å²) in [6.45, 7) is 0. The van der Waals surface area contributed by atoms with Gasteiger partial charge in [0.1, 0.15) is 6.33 Å². The van der Waals surface area contributed by atoms with E-state index in [4.69, 9.17) is 5.26 Å². The Morgan fingerprint density at radius 1 is 1.13 bits per heavy atom.